The van der Waals surface area contributed by atoms with E-state index in [-0.39, 0.29) is 5.91 Å². The van der Waals surface area contributed by atoms with Gasteiger partial charge in [0.15, 0.2) is 0 Å². The second-order valence-corrected chi connectivity index (χ2v) is 4.17. The van der Waals surface area contributed by atoms with Gasteiger partial charge in [-0.15, -0.1) is 0 Å². The van der Waals surface area contributed by atoms with Crippen LogP contribution >= 0.6 is 0 Å². The second kappa shape index (κ2) is 5.95. The van der Waals surface area contributed by atoms with E-state index in [9.17, 15) is 4.79 Å². The van der Waals surface area contributed by atoms with E-state index in [2.05, 4.69) is 15.3 Å². The van der Waals surface area contributed by atoms with Gasteiger partial charge >= 0.3 is 0 Å². The fraction of sp³-hybridized carbons (Fsp3) is 0.214. The Bertz CT molecular complexity index is 556. The number of amides is 1. The van der Waals surface area contributed by atoms with Gasteiger partial charge in [0.1, 0.15) is 5.82 Å². The normalized spacial score (nSPS) is 10.0. The van der Waals surface area contributed by atoms with E-state index in [1.54, 1.807) is 49.7 Å². The van der Waals surface area contributed by atoms with Crippen LogP contribution in [0, 0.1) is 0 Å². The van der Waals surface area contributed by atoms with Crippen molar-refractivity contribution in [2.24, 2.45) is 0 Å². The molecular weight excluding hydrogens is 240 g/mol. The lowest BCUT2D eigenvalue weighted by atomic mass is 10.2. The van der Waals surface area contributed by atoms with Crippen molar-refractivity contribution in [1.82, 2.24) is 14.9 Å². The molecule has 2 heterocycles. The molecule has 5 nitrogen and oxygen atoms in total. The fourth-order valence-electron chi connectivity index (χ4n) is 1.82. The number of carbonyl (C=O) groups is 1. The Balaban J connectivity index is 2.15. The molecule has 0 saturated carbocycles. The first kappa shape index (κ1) is 13.0. The van der Waals surface area contributed by atoms with Gasteiger partial charge in [-0.1, -0.05) is 0 Å². The molecule has 0 unspecified atom stereocenters. The van der Waals surface area contributed by atoms with Crippen molar-refractivity contribution in [3.8, 4) is 0 Å². The van der Waals surface area contributed by atoms with Gasteiger partial charge in [0.25, 0.3) is 5.91 Å². The second-order valence-electron chi connectivity index (χ2n) is 4.17. The van der Waals surface area contributed by atoms with Crippen molar-refractivity contribution in [2.75, 3.05) is 19.4 Å². The van der Waals surface area contributed by atoms with Crippen LogP contribution in [-0.2, 0) is 6.54 Å². The smallest absolute Gasteiger partial charge is 0.257 e. The minimum absolute atomic E-state index is 0.0609. The summed E-state index contributed by atoms with van der Waals surface area (Å²) in [5.74, 6) is 0.531. The molecule has 2 aromatic heterocycles. The van der Waals surface area contributed by atoms with Crippen LogP contribution in [0.2, 0.25) is 0 Å². The van der Waals surface area contributed by atoms with Crippen LogP contribution in [0.3, 0.4) is 0 Å². The van der Waals surface area contributed by atoms with E-state index in [1.165, 1.54) is 0 Å². The molecule has 98 valence electrons. The minimum atomic E-state index is -0.0609. The van der Waals surface area contributed by atoms with E-state index in [1.807, 2.05) is 12.1 Å². The number of hydrogen-bond donors (Lipinski definition) is 1. The SMILES string of the molecule is CNc1ncccc1C(=O)N(C)Cc1ccncc1. The summed E-state index contributed by atoms with van der Waals surface area (Å²) in [6, 6.07) is 7.32. The molecule has 0 aliphatic carbocycles. The number of rotatable bonds is 4. The number of nitrogens with one attached hydrogen (secondary N) is 1. The lowest BCUT2D eigenvalue weighted by Gasteiger charge is -2.18. The first-order chi connectivity index (χ1) is 9.22. The minimum Gasteiger partial charge on any atom is -0.372 e. The number of carbonyl (C=O) groups excluding carboxylic acids is 1. The average molecular weight is 256 g/mol. The van der Waals surface area contributed by atoms with Crippen LogP contribution in [-0.4, -0.2) is 34.9 Å². The van der Waals surface area contributed by atoms with E-state index < -0.39 is 0 Å². The molecule has 0 fully saturated rings. The average Bonchev–Trinajstić information content (AvgIpc) is 2.47. The summed E-state index contributed by atoms with van der Waals surface area (Å²) in [5.41, 5.74) is 1.61. The van der Waals surface area contributed by atoms with Gasteiger partial charge in [-0.2, -0.15) is 0 Å². The van der Waals surface area contributed by atoms with Crippen LogP contribution in [0.5, 0.6) is 0 Å². The van der Waals surface area contributed by atoms with Crippen molar-refractivity contribution < 1.29 is 4.79 Å². The molecule has 5 heteroatoms. The van der Waals surface area contributed by atoms with Crippen LogP contribution in [0.25, 0.3) is 0 Å². The van der Waals surface area contributed by atoms with Crippen LogP contribution in [0.15, 0.2) is 42.9 Å². The van der Waals surface area contributed by atoms with Gasteiger partial charge in [0.2, 0.25) is 0 Å². The Morgan fingerprint density at radius 2 is 2.00 bits per heavy atom. The molecule has 0 aliphatic rings. The molecule has 0 radical (unpaired) electrons. The predicted molar refractivity (Wildman–Crippen MR) is 73.8 cm³/mol. The molecule has 0 aromatic carbocycles. The molecule has 0 atom stereocenters. The maximum absolute atomic E-state index is 12.4. The summed E-state index contributed by atoms with van der Waals surface area (Å²) in [6.07, 6.45) is 5.10. The molecule has 2 rings (SSSR count). The zero-order chi connectivity index (χ0) is 13.7. The van der Waals surface area contributed by atoms with E-state index in [0.717, 1.165) is 5.56 Å². The molecular formula is C14H16N4O. The Kier molecular flexibility index (Phi) is 4.07. The zero-order valence-corrected chi connectivity index (χ0v) is 11.0. The van der Waals surface area contributed by atoms with E-state index in [0.29, 0.717) is 17.9 Å². The highest BCUT2D eigenvalue weighted by molar-refractivity contribution is 5.98. The van der Waals surface area contributed by atoms with Gasteiger partial charge in [-0.05, 0) is 29.8 Å². The lowest BCUT2D eigenvalue weighted by molar-refractivity contribution is 0.0785. The lowest BCUT2D eigenvalue weighted by Crippen LogP contribution is -2.27. The molecule has 0 saturated heterocycles. The highest BCUT2D eigenvalue weighted by atomic mass is 16.2. The summed E-state index contributed by atoms with van der Waals surface area (Å²) in [5, 5.41) is 2.93. The maximum Gasteiger partial charge on any atom is 0.257 e. The van der Waals surface area contributed by atoms with Crippen molar-refractivity contribution in [2.45, 2.75) is 6.54 Å². The first-order valence-corrected chi connectivity index (χ1v) is 5.99. The molecule has 1 N–H and O–H groups in total. The highest BCUT2D eigenvalue weighted by Gasteiger charge is 2.15. The third-order valence-electron chi connectivity index (χ3n) is 2.79. The van der Waals surface area contributed by atoms with Crippen molar-refractivity contribution in [1.29, 1.82) is 0 Å². The molecule has 19 heavy (non-hydrogen) atoms. The summed E-state index contributed by atoms with van der Waals surface area (Å²) < 4.78 is 0. The summed E-state index contributed by atoms with van der Waals surface area (Å²) in [7, 11) is 3.52. The van der Waals surface area contributed by atoms with Crippen LogP contribution in [0.1, 0.15) is 15.9 Å². The van der Waals surface area contributed by atoms with Crippen molar-refractivity contribution in [3.05, 3.63) is 54.0 Å². The topological polar surface area (TPSA) is 58.1 Å². The Labute approximate surface area is 112 Å². The van der Waals surface area contributed by atoms with E-state index in [4.69, 9.17) is 0 Å². The largest absolute Gasteiger partial charge is 0.372 e. The summed E-state index contributed by atoms with van der Waals surface area (Å²) in [4.78, 5) is 22.1. The molecule has 0 aliphatic heterocycles. The number of aromatic nitrogens is 2. The third kappa shape index (κ3) is 3.07. The zero-order valence-electron chi connectivity index (χ0n) is 11.0. The Morgan fingerprint density at radius 3 is 2.68 bits per heavy atom. The standard InChI is InChI=1S/C14H16N4O/c1-15-13-12(4-3-7-17-13)14(19)18(2)10-11-5-8-16-9-6-11/h3-9H,10H2,1-2H3,(H,15,17). The summed E-state index contributed by atoms with van der Waals surface area (Å²) in [6.45, 7) is 0.541. The fourth-order valence-corrected chi connectivity index (χ4v) is 1.82. The first-order valence-electron chi connectivity index (χ1n) is 5.99. The predicted octanol–water partition coefficient (Wildman–Crippen LogP) is 1.79. The van der Waals surface area contributed by atoms with Crippen LogP contribution in [0.4, 0.5) is 5.82 Å². The molecule has 2 aromatic rings. The Hall–Kier alpha value is -2.43. The van der Waals surface area contributed by atoms with Gasteiger partial charge in [0, 0.05) is 39.2 Å². The van der Waals surface area contributed by atoms with E-state index >= 15 is 0 Å². The number of pyridine rings is 2. The van der Waals surface area contributed by atoms with Gasteiger partial charge in [-0.3, -0.25) is 9.78 Å². The number of hydrogen-bond acceptors (Lipinski definition) is 4. The number of anilines is 1. The highest BCUT2D eigenvalue weighted by Crippen LogP contribution is 2.14. The third-order valence-corrected chi connectivity index (χ3v) is 2.79. The van der Waals surface area contributed by atoms with Crippen LogP contribution < -0.4 is 5.32 Å². The maximum atomic E-state index is 12.4. The molecule has 1 amide bonds. The summed E-state index contributed by atoms with van der Waals surface area (Å²) >= 11 is 0. The van der Waals surface area contributed by atoms with Crippen molar-refractivity contribution >= 4 is 11.7 Å². The van der Waals surface area contributed by atoms with Gasteiger partial charge < -0.3 is 10.2 Å². The monoisotopic (exact) mass is 256 g/mol. The Morgan fingerprint density at radius 1 is 1.26 bits per heavy atom. The van der Waals surface area contributed by atoms with Crippen molar-refractivity contribution in [3.63, 3.8) is 0 Å². The van der Waals surface area contributed by atoms with Gasteiger partial charge in [-0.25, -0.2) is 4.98 Å². The molecule has 0 spiro atoms. The quantitative estimate of drug-likeness (QED) is 0.906. The molecule has 0 bridgehead atoms. The van der Waals surface area contributed by atoms with Gasteiger partial charge in [0.05, 0.1) is 5.56 Å². The number of nitrogens with zero attached hydrogens (tertiary/aromatic N) is 3.